The molecule has 2 aromatic carbocycles. The number of rotatable bonds is 6. The highest BCUT2D eigenvalue weighted by atomic mass is 19.1. The zero-order valence-corrected chi connectivity index (χ0v) is 14.6. The van der Waals surface area contributed by atoms with Gasteiger partial charge in [0.2, 0.25) is 5.91 Å². The maximum Gasteiger partial charge on any atom is 0.224 e. The lowest BCUT2D eigenvalue weighted by Gasteiger charge is -2.08. The van der Waals surface area contributed by atoms with Crippen LogP contribution in [0.4, 0.5) is 8.78 Å². The first kappa shape index (κ1) is 18.4. The number of halogens is 2. The molecule has 1 heterocycles. The maximum absolute atomic E-state index is 13.6. The normalized spacial score (nSPS) is 10.5. The minimum Gasteiger partial charge on any atom is -0.497 e. The van der Waals surface area contributed by atoms with E-state index in [1.165, 1.54) is 12.4 Å². The molecule has 0 saturated carbocycles. The Morgan fingerprint density at radius 3 is 2.56 bits per heavy atom. The second-order valence-corrected chi connectivity index (χ2v) is 5.81. The van der Waals surface area contributed by atoms with E-state index < -0.39 is 11.6 Å². The molecule has 0 aliphatic rings. The molecule has 1 N–H and O–H groups in total. The molecule has 5 nitrogen and oxygen atoms in total. The fraction of sp³-hybridized carbons (Fsp3) is 0.150. The van der Waals surface area contributed by atoms with Crippen LogP contribution in [-0.4, -0.2) is 23.0 Å². The van der Waals surface area contributed by atoms with E-state index in [2.05, 4.69) is 15.3 Å². The van der Waals surface area contributed by atoms with Crippen molar-refractivity contribution in [2.24, 2.45) is 0 Å². The molecule has 7 heteroatoms. The number of carbonyl (C=O) groups is 1. The van der Waals surface area contributed by atoms with Gasteiger partial charge >= 0.3 is 0 Å². The fourth-order valence-electron chi connectivity index (χ4n) is 2.50. The summed E-state index contributed by atoms with van der Waals surface area (Å²) in [5.41, 5.74) is 2.35. The number of methoxy groups -OCH3 is 1. The highest BCUT2D eigenvalue weighted by Gasteiger charge is 2.10. The van der Waals surface area contributed by atoms with Crippen LogP contribution in [0.3, 0.4) is 0 Å². The smallest absolute Gasteiger partial charge is 0.224 e. The molecule has 27 heavy (non-hydrogen) atoms. The van der Waals surface area contributed by atoms with Crippen molar-refractivity contribution in [3.8, 4) is 17.0 Å². The summed E-state index contributed by atoms with van der Waals surface area (Å²) >= 11 is 0. The highest BCUT2D eigenvalue weighted by molar-refractivity contribution is 5.78. The number of ether oxygens (including phenoxy) is 1. The van der Waals surface area contributed by atoms with Crippen molar-refractivity contribution in [3.05, 3.63) is 77.8 Å². The van der Waals surface area contributed by atoms with Crippen LogP contribution in [0.1, 0.15) is 11.3 Å². The largest absolute Gasteiger partial charge is 0.497 e. The highest BCUT2D eigenvalue weighted by Crippen LogP contribution is 2.20. The predicted octanol–water partition coefficient (Wildman–Crippen LogP) is 3.29. The summed E-state index contributed by atoms with van der Waals surface area (Å²) in [4.78, 5) is 20.4. The number of carbonyl (C=O) groups excluding carboxylic acids is 1. The first-order valence-corrected chi connectivity index (χ1v) is 8.21. The van der Waals surface area contributed by atoms with E-state index in [4.69, 9.17) is 4.74 Å². The van der Waals surface area contributed by atoms with Gasteiger partial charge < -0.3 is 10.1 Å². The molecule has 1 amide bonds. The molecule has 0 spiro atoms. The third-order valence-corrected chi connectivity index (χ3v) is 3.94. The van der Waals surface area contributed by atoms with Gasteiger partial charge in [0, 0.05) is 11.6 Å². The number of nitrogens with zero attached hydrogens (tertiary/aromatic N) is 2. The van der Waals surface area contributed by atoms with Gasteiger partial charge in [0.25, 0.3) is 0 Å². The Balaban J connectivity index is 1.63. The monoisotopic (exact) mass is 369 g/mol. The van der Waals surface area contributed by atoms with Gasteiger partial charge in [-0.25, -0.2) is 18.7 Å². The van der Waals surface area contributed by atoms with Gasteiger partial charge in [0.15, 0.2) is 0 Å². The topological polar surface area (TPSA) is 64.1 Å². The minimum absolute atomic E-state index is 0.135. The second-order valence-electron chi connectivity index (χ2n) is 5.81. The van der Waals surface area contributed by atoms with Crippen molar-refractivity contribution >= 4 is 5.91 Å². The van der Waals surface area contributed by atoms with Crippen LogP contribution in [0.25, 0.3) is 11.3 Å². The summed E-state index contributed by atoms with van der Waals surface area (Å²) in [5, 5.41) is 2.68. The summed E-state index contributed by atoms with van der Waals surface area (Å²) in [6.07, 6.45) is 1.24. The molecule has 0 fully saturated rings. The molecule has 3 rings (SSSR count). The van der Waals surface area contributed by atoms with Gasteiger partial charge in [0.05, 0.1) is 31.5 Å². The predicted molar refractivity (Wildman–Crippen MR) is 95.9 cm³/mol. The third-order valence-electron chi connectivity index (χ3n) is 3.94. The minimum atomic E-state index is -0.742. The number of amides is 1. The van der Waals surface area contributed by atoms with Gasteiger partial charge in [-0.15, -0.1) is 0 Å². The molecule has 0 unspecified atom stereocenters. The second kappa shape index (κ2) is 8.35. The van der Waals surface area contributed by atoms with Crippen molar-refractivity contribution in [2.45, 2.75) is 13.0 Å². The average molecular weight is 369 g/mol. The molecular weight excluding hydrogens is 352 g/mol. The first-order valence-electron chi connectivity index (χ1n) is 8.21. The number of benzene rings is 2. The molecule has 0 bridgehead atoms. The molecule has 0 saturated heterocycles. The van der Waals surface area contributed by atoms with E-state index in [1.54, 1.807) is 13.2 Å². The van der Waals surface area contributed by atoms with Gasteiger partial charge in [-0.05, 0) is 42.0 Å². The summed E-state index contributed by atoms with van der Waals surface area (Å²) in [5.74, 6) is -1.06. The summed E-state index contributed by atoms with van der Waals surface area (Å²) in [7, 11) is 1.60. The standard InChI is InChI=1S/C20H17F2N3O2/c1-27-17-6-3-13(4-7-17)19-10-16(24-12-25-19)11-23-20(26)8-14-2-5-15(21)9-18(14)22/h2-7,9-10,12H,8,11H2,1H3,(H,23,26). The summed E-state index contributed by atoms with van der Waals surface area (Å²) < 4.78 is 31.7. The summed E-state index contributed by atoms with van der Waals surface area (Å²) in [6, 6.07) is 12.3. The number of aromatic nitrogens is 2. The molecule has 0 aliphatic heterocycles. The Morgan fingerprint density at radius 1 is 1.07 bits per heavy atom. The Bertz CT molecular complexity index is 946. The van der Waals surface area contributed by atoms with E-state index in [0.717, 1.165) is 23.4 Å². The fourth-order valence-corrected chi connectivity index (χ4v) is 2.50. The number of nitrogens with one attached hydrogen (secondary N) is 1. The van der Waals surface area contributed by atoms with Crippen LogP contribution >= 0.6 is 0 Å². The lowest BCUT2D eigenvalue weighted by atomic mass is 10.1. The quantitative estimate of drug-likeness (QED) is 0.724. The van der Waals surface area contributed by atoms with Gasteiger partial charge in [-0.1, -0.05) is 6.07 Å². The van der Waals surface area contributed by atoms with E-state index in [1.807, 2.05) is 24.3 Å². The van der Waals surface area contributed by atoms with Crippen LogP contribution in [0.2, 0.25) is 0 Å². The molecule has 3 aromatic rings. The van der Waals surface area contributed by atoms with Gasteiger partial charge in [0.1, 0.15) is 23.7 Å². The van der Waals surface area contributed by atoms with Gasteiger partial charge in [-0.3, -0.25) is 4.79 Å². The van der Waals surface area contributed by atoms with Crippen LogP contribution < -0.4 is 10.1 Å². The molecular formula is C20H17F2N3O2. The number of hydrogen-bond donors (Lipinski definition) is 1. The van der Waals surface area contributed by atoms with Crippen LogP contribution in [0.15, 0.2) is 54.9 Å². The first-order chi connectivity index (χ1) is 13.0. The Hall–Kier alpha value is -3.35. The molecule has 0 aliphatic carbocycles. The van der Waals surface area contributed by atoms with Crippen molar-refractivity contribution < 1.29 is 18.3 Å². The third kappa shape index (κ3) is 4.84. The van der Waals surface area contributed by atoms with Crippen molar-refractivity contribution in [1.29, 1.82) is 0 Å². The molecule has 0 atom stereocenters. The van der Waals surface area contributed by atoms with E-state index >= 15 is 0 Å². The molecule has 138 valence electrons. The zero-order chi connectivity index (χ0) is 19.2. The lowest BCUT2D eigenvalue weighted by Crippen LogP contribution is -2.25. The van der Waals surface area contributed by atoms with Gasteiger partial charge in [-0.2, -0.15) is 0 Å². The zero-order valence-electron chi connectivity index (χ0n) is 14.6. The van der Waals surface area contributed by atoms with Crippen molar-refractivity contribution in [3.63, 3.8) is 0 Å². The van der Waals surface area contributed by atoms with Crippen LogP contribution in [0, 0.1) is 11.6 Å². The SMILES string of the molecule is COc1ccc(-c2cc(CNC(=O)Cc3ccc(F)cc3F)ncn2)cc1. The van der Waals surface area contributed by atoms with E-state index in [9.17, 15) is 13.6 Å². The maximum atomic E-state index is 13.6. The van der Waals surface area contributed by atoms with E-state index in [-0.39, 0.29) is 24.4 Å². The molecule has 0 radical (unpaired) electrons. The number of hydrogen-bond acceptors (Lipinski definition) is 4. The van der Waals surface area contributed by atoms with Crippen LogP contribution in [0.5, 0.6) is 5.75 Å². The van der Waals surface area contributed by atoms with Crippen molar-refractivity contribution in [2.75, 3.05) is 7.11 Å². The summed E-state index contributed by atoms with van der Waals surface area (Å²) in [6.45, 7) is 0.174. The van der Waals surface area contributed by atoms with Crippen molar-refractivity contribution in [1.82, 2.24) is 15.3 Å². The Labute approximate surface area is 155 Å². The Kier molecular flexibility index (Phi) is 5.71. The molecule has 1 aromatic heterocycles. The average Bonchev–Trinajstić information content (AvgIpc) is 2.69. The lowest BCUT2D eigenvalue weighted by molar-refractivity contribution is -0.120. The Morgan fingerprint density at radius 2 is 1.85 bits per heavy atom. The van der Waals surface area contributed by atoms with E-state index in [0.29, 0.717) is 11.4 Å². The van der Waals surface area contributed by atoms with Crippen LogP contribution in [-0.2, 0) is 17.8 Å².